The lowest BCUT2D eigenvalue weighted by Crippen LogP contribution is -2.42. The van der Waals surface area contributed by atoms with Crippen molar-refractivity contribution in [2.75, 3.05) is 32.5 Å². The van der Waals surface area contributed by atoms with Crippen molar-refractivity contribution in [2.45, 2.75) is 18.9 Å². The molecule has 0 spiro atoms. The summed E-state index contributed by atoms with van der Waals surface area (Å²) in [7, 11) is 3.28. The van der Waals surface area contributed by atoms with Gasteiger partial charge in [0.05, 0.1) is 0 Å². The molecule has 1 heterocycles. The van der Waals surface area contributed by atoms with Gasteiger partial charge in [-0.15, -0.1) is 0 Å². The molecular weight excluding hydrogens is 324 g/mol. The molecule has 1 atom stereocenters. The predicted molar refractivity (Wildman–Crippen MR) is 93.0 cm³/mol. The van der Waals surface area contributed by atoms with Crippen LogP contribution in [-0.4, -0.2) is 60.0 Å². The minimum Gasteiger partial charge on any atom is -0.480 e. The molecule has 1 aromatic rings. The third kappa shape index (κ3) is 4.69. The van der Waals surface area contributed by atoms with Crippen molar-refractivity contribution in [2.24, 2.45) is 11.7 Å². The number of nitrogens with two attached hydrogens (primary N) is 1. The molecule has 0 aromatic heterocycles. The predicted octanol–water partition coefficient (Wildman–Crippen LogP) is 1.10. The first-order chi connectivity index (χ1) is 11.8. The molecule has 3 amide bonds. The highest BCUT2D eigenvalue weighted by molar-refractivity contribution is 5.89. The molecule has 1 saturated heterocycles. The number of benzene rings is 1. The summed E-state index contributed by atoms with van der Waals surface area (Å²) < 4.78 is 0. The Labute approximate surface area is 146 Å². The van der Waals surface area contributed by atoms with Crippen molar-refractivity contribution in [3.05, 3.63) is 29.8 Å². The average molecular weight is 348 g/mol. The molecule has 8 heteroatoms. The normalized spacial score (nSPS) is 16.9. The van der Waals surface area contributed by atoms with Gasteiger partial charge in [0.25, 0.3) is 0 Å². The number of rotatable bonds is 5. The number of likely N-dealkylation sites (tertiary alicyclic amines) is 1. The van der Waals surface area contributed by atoms with E-state index in [0.717, 1.165) is 0 Å². The van der Waals surface area contributed by atoms with Crippen molar-refractivity contribution in [1.29, 1.82) is 0 Å². The van der Waals surface area contributed by atoms with Gasteiger partial charge in [-0.2, -0.15) is 0 Å². The molecule has 25 heavy (non-hydrogen) atoms. The Bertz CT molecular complexity index is 637. The van der Waals surface area contributed by atoms with Crippen LogP contribution >= 0.6 is 0 Å². The molecule has 1 aliphatic heterocycles. The molecule has 1 fully saturated rings. The number of carbonyl (C=O) groups is 3. The third-order valence-corrected chi connectivity index (χ3v) is 4.41. The molecule has 1 aromatic carbocycles. The van der Waals surface area contributed by atoms with Crippen LogP contribution < -0.4 is 11.1 Å². The molecule has 8 nitrogen and oxygen atoms in total. The van der Waals surface area contributed by atoms with Crippen LogP contribution in [0.15, 0.2) is 24.3 Å². The first-order valence-electron chi connectivity index (χ1n) is 8.14. The number of hydrogen-bond donors (Lipinski definition) is 3. The number of aliphatic carboxylic acids is 1. The number of amides is 3. The van der Waals surface area contributed by atoms with E-state index in [-0.39, 0.29) is 17.9 Å². The quantitative estimate of drug-likeness (QED) is 0.737. The second-order valence-electron chi connectivity index (χ2n) is 6.40. The molecule has 136 valence electrons. The topological polar surface area (TPSA) is 116 Å². The van der Waals surface area contributed by atoms with Crippen LogP contribution in [0.2, 0.25) is 0 Å². The molecule has 1 aliphatic rings. The summed E-state index contributed by atoms with van der Waals surface area (Å²) in [5.41, 5.74) is 6.55. The van der Waals surface area contributed by atoms with E-state index in [1.165, 1.54) is 4.90 Å². The number of carboxylic acids is 1. The summed E-state index contributed by atoms with van der Waals surface area (Å²) in [6.45, 7) is 1.01. The van der Waals surface area contributed by atoms with Gasteiger partial charge in [-0.1, -0.05) is 12.1 Å². The average Bonchev–Trinajstić information content (AvgIpc) is 2.56. The van der Waals surface area contributed by atoms with Crippen molar-refractivity contribution in [3.8, 4) is 0 Å². The molecular formula is C17H24N4O4. The van der Waals surface area contributed by atoms with Crippen LogP contribution in [0, 0.1) is 5.92 Å². The Morgan fingerprint density at radius 2 is 1.76 bits per heavy atom. The summed E-state index contributed by atoms with van der Waals surface area (Å²) in [6, 6.07) is 5.73. The maximum absolute atomic E-state index is 11.8. The monoisotopic (exact) mass is 348 g/mol. The van der Waals surface area contributed by atoms with Crippen molar-refractivity contribution >= 4 is 23.6 Å². The van der Waals surface area contributed by atoms with Gasteiger partial charge >= 0.3 is 12.0 Å². The third-order valence-electron chi connectivity index (χ3n) is 4.41. The fraction of sp³-hybridized carbons (Fsp3) is 0.471. The van der Waals surface area contributed by atoms with Gasteiger partial charge in [0.1, 0.15) is 6.04 Å². The lowest BCUT2D eigenvalue weighted by Gasteiger charge is -2.34. The number of anilines is 1. The molecule has 0 radical (unpaired) electrons. The van der Waals surface area contributed by atoms with E-state index in [9.17, 15) is 19.5 Å². The van der Waals surface area contributed by atoms with Crippen LogP contribution in [0.5, 0.6) is 0 Å². The lowest BCUT2D eigenvalue weighted by atomic mass is 9.93. The fourth-order valence-corrected chi connectivity index (χ4v) is 2.94. The zero-order chi connectivity index (χ0) is 18.6. The number of urea groups is 1. The number of primary amides is 1. The standard InChI is InChI=1S/C17H24N4O4/c1-20(2)17(25)19-13-5-3-11(4-6-13)14(16(23)24)21-9-7-12(8-10-21)15(18)22/h3-6,12,14H,7-10H2,1-2H3,(H2,18,22)(H,19,25)(H,23,24). The van der Waals surface area contributed by atoms with Crippen LogP contribution in [-0.2, 0) is 9.59 Å². The molecule has 2 rings (SSSR count). The van der Waals surface area contributed by atoms with Gasteiger partial charge < -0.3 is 21.1 Å². The number of carboxylic acid groups (broad SMARTS) is 1. The number of piperidine rings is 1. The zero-order valence-corrected chi connectivity index (χ0v) is 14.4. The maximum atomic E-state index is 11.8. The van der Waals surface area contributed by atoms with Gasteiger partial charge in [0.2, 0.25) is 5.91 Å². The summed E-state index contributed by atoms with van der Waals surface area (Å²) in [6.07, 6.45) is 1.13. The van der Waals surface area contributed by atoms with Crippen molar-refractivity contribution in [1.82, 2.24) is 9.80 Å². The van der Waals surface area contributed by atoms with Crippen molar-refractivity contribution in [3.63, 3.8) is 0 Å². The van der Waals surface area contributed by atoms with Gasteiger partial charge in [-0.05, 0) is 30.5 Å². The minimum absolute atomic E-state index is 0.186. The molecule has 4 N–H and O–H groups in total. The maximum Gasteiger partial charge on any atom is 0.325 e. The lowest BCUT2D eigenvalue weighted by molar-refractivity contribution is -0.144. The van der Waals surface area contributed by atoms with E-state index in [4.69, 9.17) is 5.73 Å². The van der Waals surface area contributed by atoms with Crippen LogP contribution in [0.3, 0.4) is 0 Å². The zero-order valence-electron chi connectivity index (χ0n) is 14.4. The summed E-state index contributed by atoms with van der Waals surface area (Å²) in [5.74, 6) is -1.45. The summed E-state index contributed by atoms with van der Waals surface area (Å²) in [5, 5.41) is 12.3. The second-order valence-corrected chi connectivity index (χ2v) is 6.40. The van der Waals surface area contributed by atoms with E-state index in [1.807, 2.05) is 4.90 Å². The largest absolute Gasteiger partial charge is 0.480 e. The molecule has 0 saturated carbocycles. The summed E-state index contributed by atoms with van der Waals surface area (Å²) >= 11 is 0. The van der Waals surface area contributed by atoms with Gasteiger partial charge in [0, 0.05) is 38.8 Å². The van der Waals surface area contributed by atoms with Gasteiger partial charge in [-0.25, -0.2) is 4.79 Å². The number of hydrogen-bond acceptors (Lipinski definition) is 4. The van der Waals surface area contributed by atoms with Crippen LogP contribution in [0.4, 0.5) is 10.5 Å². The Morgan fingerprint density at radius 3 is 2.20 bits per heavy atom. The Morgan fingerprint density at radius 1 is 1.20 bits per heavy atom. The van der Waals surface area contributed by atoms with Gasteiger partial charge in [0.15, 0.2) is 0 Å². The number of carbonyl (C=O) groups excluding carboxylic acids is 2. The van der Waals surface area contributed by atoms with Crippen LogP contribution in [0.25, 0.3) is 0 Å². The van der Waals surface area contributed by atoms with Crippen molar-refractivity contribution < 1.29 is 19.5 Å². The highest BCUT2D eigenvalue weighted by Crippen LogP contribution is 2.28. The second kappa shape index (κ2) is 7.98. The summed E-state index contributed by atoms with van der Waals surface area (Å²) in [4.78, 5) is 37.9. The molecule has 0 bridgehead atoms. The van der Waals surface area contributed by atoms with E-state index >= 15 is 0 Å². The number of nitrogens with zero attached hydrogens (tertiary/aromatic N) is 2. The first-order valence-corrected chi connectivity index (χ1v) is 8.14. The fourth-order valence-electron chi connectivity index (χ4n) is 2.94. The van der Waals surface area contributed by atoms with E-state index in [1.54, 1.807) is 38.4 Å². The minimum atomic E-state index is -0.942. The van der Waals surface area contributed by atoms with Crippen LogP contribution in [0.1, 0.15) is 24.4 Å². The SMILES string of the molecule is CN(C)C(=O)Nc1ccc(C(C(=O)O)N2CCC(C(N)=O)CC2)cc1. The van der Waals surface area contributed by atoms with E-state index in [0.29, 0.717) is 37.2 Å². The molecule has 0 aliphatic carbocycles. The van der Waals surface area contributed by atoms with E-state index in [2.05, 4.69) is 5.32 Å². The highest BCUT2D eigenvalue weighted by atomic mass is 16.4. The van der Waals surface area contributed by atoms with E-state index < -0.39 is 12.0 Å². The number of nitrogens with one attached hydrogen (secondary N) is 1. The first kappa shape index (κ1) is 18.7. The Kier molecular flexibility index (Phi) is 5.97. The highest BCUT2D eigenvalue weighted by Gasteiger charge is 2.32. The Hall–Kier alpha value is -2.61. The Balaban J connectivity index is 2.09. The van der Waals surface area contributed by atoms with Gasteiger partial charge in [-0.3, -0.25) is 14.5 Å². The smallest absolute Gasteiger partial charge is 0.325 e. The molecule has 1 unspecified atom stereocenters.